The Morgan fingerprint density at radius 2 is 1.76 bits per heavy atom. The van der Waals surface area contributed by atoms with Crippen LogP contribution in [0.15, 0.2) is 72.9 Å². The van der Waals surface area contributed by atoms with Crippen molar-refractivity contribution in [2.45, 2.75) is 26.9 Å². The minimum absolute atomic E-state index is 0.222. The minimum atomic E-state index is -0.479. The molecule has 0 bridgehead atoms. The standard InChI is InChI=1S/C27H24ClNO4/c1-3-21-23(27(31)32-4-2)25-22(33-17-18-10-6-5-7-11-18)14-9-15-29(25)24(21)26(30)19-12-8-13-20(28)16-19/h5-16H,3-4,17H2,1-2H3. The first-order chi connectivity index (χ1) is 16.0. The molecule has 0 N–H and O–H groups in total. The van der Waals surface area contributed by atoms with E-state index < -0.39 is 5.97 Å². The second-order valence-electron chi connectivity index (χ2n) is 7.48. The predicted molar refractivity (Wildman–Crippen MR) is 128 cm³/mol. The van der Waals surface area contributed by atoms with Gasteiger partial charge in [-0.15, -0.1) is 0 Å². The van der Waals surface area contributed by atoms with Crippen molar-refractivity contribution >= 4 is 28.9 Å². The van der Waals surface area contributed by atoms with Crippen LogP contribution in [0.5, 0.6) is 5.75 Å². The molecule has 5 nitrogen and oxygen atoms in total. The van der Waals surface area contributed by atoms with Crippen molar-refractivity contribution in [1.29, 1.82) is 0 Å². The molecule has 0 atom stereocenters. The highest BCUT2D eigenvalue weighted by atomic mass is 35.5. The Kier molecular flexibility index (Phi) is 6.80. The van der Waals surface area contributed by atoms with Crippen molar-refractivity contribution in [2.24, 2.45) is 0 Å². The third-order valence-corrected chi connectivity index (χ3v) is 5.63. The molecule has 0 spiro atoms. The number of carbonyl (C=O) groups is 2. The molecular weight excluding hydrogens is 438 g/mol. The van der Waals surface area contributed by atoms with Crippen LogP contribution in [0.25, 0.3) is 5.52 Å². The van der Waals surface area contributed by atoms with Gasteiger partial charge in [-0.05, 0) is 48.7 Å². The highest BCUT2D eigenvalue weighted by molar-refractivity contribution is 6.31. The summed E-state index contributed by atoms with van der Waals surface area (Å²) in [5, 5.41) is 0.470. The summed E-state index contributed by atoms with van der Waals surface area (Å²) in [5.74, 6) is -0.197. The number of ketones is 1. The molecule has 0 unspecified atom stereocenters. The fourth-order valence-corrected chi connectivity index (χ4v) is 4.15. The van der Waals surface area contributed by atoms with Crippen molar-refractivity contribution in [3.05, 3.63) is 106 Å². The summed E-state index contributed by atoms with van der Waals surface area (Å²) in [6, 6.07) is 20.2. The first kappa shape index (κ1) is 22.6. The number of fused-ring (bicyclic) bond motifs is 1. The maximum atomic E-state index is 13.6. The van der Waals surface area contributed by atoms with Gasteiger partial charge in [-0.25, -0.2) is 4.79 Å². The van der Waals surface area contributed by atoms with Crippen LogP contribution in [0.1, 0.15) is 51.4 Å². The van der Waals surface area contributed by atoms with Gasteiger partial charge in [-0.2, -0.15) is 0 Å². The van der Waals surface area contributed by atoms with E-state index in [0.717, 1.165) is 5.56 Å². The number of benzene rings is 2. The molecule has 0 fully saturated rings. The Morgan fingerprint density at radius 1 is 0.970 bits per heavy atom. The zero-order chi connectivity index (χ0) is 23.4. The summed E-state index contributed by atoms with van der Waals surface area (Å²) in [5.41, 5.74) is 3.34. The normalized spacial score (nSPS) is 10.9. The summed E-state index contributed by atoms with van der Waals surface area (Å²) in [4.78, 5) is 26.7. The lowest BCUT2D eigenvalue weighted by Crippen LogP contribution is -2.10. The van der Waals surface area contributed by atoms with E-state index in [1.807, 2.05) is 37.3 Å². The topological polar surface area (TPSA) is 57.0 Å². The molecule has 2 heterocycles. The lowest BCUT2D eigenvalue weighted by Gasteiger charge is -2.10. The van der Waals surface area contributed by atoms with E-state index in [0.29, 0.717) is 51.7 Å². The van der Waals surface area contributed by atoms with Gasteiger partial charge in [0, 0.05) is 16.8 Å². The molecule has 0 amide bonds. The lowest BCUT2D eigenvalue weighted by molar-refractivity contribution is 0.0527. The number of aromatic nitrogens is 1. The van der Waals surface area contributed by atoms with Crippen LogP contribution in [-0.2, 0) is 17.8 Å². The van der Waals surface area contributed by atoms with E-state index in [-0.39, 0.29) is 12.4 Å². The Balaban J connectivity index is 1.91. The fraction of sp³-hybridized carbons (Fsp3) is 0.185. The smallest absolute Gasteiger partial charge is 0.340 e. The number of carbonyl (C=O) groups excluding carboxylic acids is 2. The molecule has 0 saturated heterocycles. The molecule has 0 radical (unpaired) electrons. The number of ether oxygens (including phenoxy) is 2. The van der Waals surface area contributed by atoms with Gasteiger partial charge in [0.2, 0.25) is 5.78 Å². The van der Waals surface area contributed by atoms with Gasteiger partial charge < -0.3 is 13.9 Å². The van der Waals surface area contributed by atoms with Crippen LogP contribution in [0.4, 0.5) is 0 Å². The second kappa shape index (κ2) is 9.92. The zero-order valence-corrected chi connectivity index (χ0v) is 19.3. The van der Waals surface area contributed by atoms with Crippen molar-refractivity contribution in [2.75, 3.05) is 6.61 Å². The van der Waals surface area contributed by atoms with Gasteiger partial charge >= 0.3 is 5.97 Å². The summed E-state index contributed by atoms with van der Waals surface area (Å²) < 4.78 is 13.2. The number of rotatable bonds is 8. The van der Waals surface area contributed by atoms with E-state index in [1.54, 1.807) is 53.9 Å². The number of esters is 1. The monoisotopic (exact) mass is 461 g/mol. The van der Waals surface area contributed by atoms with Crippen LogP contribution in [0.2, 0.25) is 5.02 Å². The van der Waals surface area contributed by atoms with Gasteiger partial charge in [0.15, 0.2) is 0 Å². The molecule has 168 valence electrons. The summed E-state index contributed by atoms with van der Waals surface area (Å²) >= 11 is 6.14. The molecule has 2 aromatic heterocycles. The molecule has 2 aromatic carbocycles. The van der Waals surface area contributed by atoms with Gasteiger partial charge in [-0.1, -0.05) is 61.0 Å². The van der Waals surface area contributed by atoms with Gasteiger partial charge in [-0.3, -0.25) is 4.79 Å². The highest BCUT2D eigenvalue weighted by Crippen LogP contribution is 2.34. The molecule has 0 aliphatic carbocycles. The molecule has 4 aromatic rings. The highest BCUT2D eigenvalue weighted by Gasteiger charge is 2.29. The molecule has 0 saturated carbocycles. The first-order valence-electron chi connectivity index (χ1n) is 10.8. The van der Waals surface area contributed by atoms with E-state index >= 15 is 0 Å². The lowest BCUT2D eigenvalue weighted by atomic mass is 10.0. The maximum absolute atomic E-state index is 13.6. The summed E-state index contributed by atoms with van der Waals surface area (Å²) in [6.07, 6.45) is 2.24. The number of hydrogen-bond donors (Lipinski definition) is 0. The van der Waals surface area contributed by atoms with Gasteiger partial charge in [0.05, 0.1) is 17.9 Å². The Hall–Kier alpha value is -3.57. The minimum Gasteiger partial charge on any atom is -0.487 e. The first-order valence-corrected chi connectivity index (χ1v) is 11.2. The third-order valence-electron chi connectivity index (χ3n) is 5.39. The molecule has 33 heavy (non-hydrogen) atoms. The van der Waals surface area contributed by atoms with Crippen LogP contribution < -0.4 is 4.74 Å². The quantitative estimate of drug-likeness (QED) is 0.233. The Bertz CT molecular complexity index is 1310. The summed E-state index contributed by atoms with van der Waals surface area (Å²) in [7, 11) is 0. The average Bonchev–Trinajstić information content (AvgIpc) is 3.18. The zero-order valence-electron chi connectivity index (χ0n) is 18.5. The van der Waals surface area contributed by atoms with Crippen LogP contribution in [0.3, 0.4) is 0 Å². The fourth-order valence-electron chi connectivity index (χ4n) is 3.96. The van der Waals surface area contributed by atoms with E-state index in [1.165, 1.54) is 0 Å². The van der Waals surface area contributed by atoms with Gasteiger partial charge in [0.1, 0.15) is 17.9 Å². The summed E-state index contributed by atoms with van der Waals surface area (Å²) in [6.45, 7) is 4.22. The Labute approximate surface area is 197 Å². The molecule has 4 rings (SSSR count). The van der Waals surface area contributed by atoms with Crippen molar-refractivity contribution in [3.63, 3.8) is 0 Å². The SMILES string of the molecule is CCOC(=O)c1c(CC)c(C(=O)c2cccc(Cl)c2)n2cccc(OCc3ccccc3)c12. The number of nitrogens with zero attached hydrogens (tertiary/aromatic N) is 1. The predicted octanol–water partition coefficient (Wildman–Crippen LogP) is 6.14. The molecule has 0 aliphatic heterocycles. The van der Waals surface area contributed by atoms with Crippen molar-refractivity contribution in [1.82, 2.24) is 4.40 Å². The second-order valence-corrected chi connectivity index (χ2v) is 7.92. The van der Waals surface area contributed by atoms with Gasteiger partial charge in [0.25, 0.3) is 0 Å². The molecule has 6 heteroatoms. The maximum Gasteiger partial charge on any atom is 0.340 e. The van der Waals surface area contributed by atoms with E-state index in [4.69, 9.17) is 21.1 Å². The largest absolute Gasteiger partial charge is 0.487 e. The van der Waals surface area contributed by atoms with E-state index in [9.17, 15) is 9.59 Å². The number of hydrogen-bond acceptors (Lipinski definition) is 4. The number of pyridine rings is 1. The van der Waals surface area contributed by atoms with Crippen LogP contribution >= 0.6 is 11.6 Å². The average molecular weight is 462 g/mol. The third kappa shape index (κ3) is 4.50. The number of halogens is 1. The van der Waals surface area contributed by atoms with E-state index in [2.05, 4.69) is 0 Å². The molecular formula is C27H24ClNO4. The molecule has 0 aliphatic rings. The van der Waals surface area contributed by atoms with Crippen molar-refractivity contribution < 1.29 is 19.1 Å². The Morgan fingerprint density at radius 3 is 2.45 bits per heavy atom. The van der Waals surface area contributed by atoms with Crippen molar-refractivity contribution in [3.8, 4) is 5.75 Å². The van der Waals surface area contributed by atoms with Crippen LogP contribution in [-0.4, -0.2) is 22.8 Å². The van der Waals surface area contributed by atoms with Crippen LogP contribution in [0, 0.1) is 0 Å².